The van der Waals surface area contributed by atoms with Crippen LogP contribution in [0.2, 0.25) is 5.02 Å². The Hall–Kier alpha value is -2.54. The minimum absolute atomic E-state index is 0.346. The summed E-state index contributed by atoms with van der Waals surface area (Å²) in [4.78, 5) is 13.9. The Labute approximate surface area is 153 Å². The maximum absolute atomic E-state index is 12.6. The van der Waals surface area contributed by atoms with Crippen LogP contribution in [0.15, 0.2) is 53.6 Å². The van der Waals surface area contributed by atoms with E-state index in [4.69, 9.17) is 11.6 Å². The first-order valence-corrected chi connectivity index (χ1v) is 8.19. The van der Waals surface area contributed by atoms with Crippen LogP contribution in [0, 0.1) is 0 Å². The molecule has 0 fully saturated rings. The lowest BCUT2D eigenvalue weighted by Gasteiger charge is -2.18. The van der Waals surface area contributed by atoms with Crippen LogP contribution in [0.3, 0.4) is 0 Å². The Balaban J connectivity index is 1.74. The van der Waals surface area contributed by atoms with E-state index in [1.54, 1.807) is 29.3 Å². The second kappa shape index (κ2) is 6.99. The fourth-order valence-corrected chi connectivity index (χ4v) is 2.72. The van der Waals surface area contributed by atoms with Gasteiger partial charge in [0.2, 0.25) is 0 Å². The summed E-state index contributed by atoms with van der Waals surface area (Å²) in [6.07, 6.45) is -3.96. The number of nitrogens with zero attached hydrogens (tertiary/aromatic N) is 3. The summed E-state index contributed by atoms with van der Waals surface area (Å²) in [5, 5.41) is 6.63. The quantitative estimate of drug-likeness (QED) is 0.779. The van der Waals surface area contributed by atoms with Crippen molar-refractivity contribution in [2.24, 2.45) is 5.10 Å². The van der Waals surface area contributed by atoms with E-state index in [0.29, 0.717) is 29.4 Å². The molecule has 136 valence electrons. The molecule has 1 aliphatic heterocycles. The maximum Gasteiger partial charge on any atom is 0.416 e. The van der Waals surface area contributed by atoms with Gasteiger partial charge in [-0.2, -0.15) is 18.3 Å². The lowest BCUT2D eigenvalue weighted by atomic mass is 10.1. The normalized spacial score (nSPS) is 14.3. The van der Waals surface area contributed by atoms with Crippen molar-refractivity contribution in [3.05, 3.63) is 59.1 Å². The van der Waals surface area contributed by atoms with E-state index in [9.17, 15) is 18.0 Å². The molecule has 0 atom stereocenters. The van der Waals surface area contributed by atoms with Gasteiger partial charge in [-0.05, 0) is 48.5 Å². The van der Waals surface area contributed by atoms with E-state index in [-0.39, 0.29) is 5.91 Å². The number of hydrazone groups is 1. The van der Waals surface area contributed by atoms with Gasteiger partial charge in [0.05, 0.1) is 11.3 Å². The molecule has 1 aliphatic rings. The van der Waals surface area contributed by atoms with Gasteiger partial charge >= 0.3 is 6.18 Å². The van der Waals surface area contributed by atoms with Crippen LogP contribution in [0.25, 0.3) is 0 Å². The predicted molar refractivity (Wildman–Crippen MR) is 95.7 cm³/mol. The molecule has 2 aromatic carbocycles. The van der Waals surface area contributed by atoms with Crippen LogP contribution in [0.1, 0.15) is 12.0 Å². The van der Waals surface area contributed by atoms with E-state index in [1.807, 2.05) is 0 Å². The van der Waals surface area contributed by atoms with Gasteiger partial charge in [-0.15, -0.1) is 0 Å². The fraction of sp³-hybridized carbons (Fsp3) is 0.222. The van der Waals surface area contributed by atoms with Gasteiger partial charge in [0.1, 0.15) is 5.71 Å². The molecular weight excluding hydrogens is 367 g/mol. The number of hydrogen-bond donors (Lipinski definition) is 0. The average Bonchev–Trinajstić information content (AvgIpc) is 3.10. The molecule has 0 saturated carbocycles. The first kappa shape index (κ1) is 18.3. The van der Waals surface area contributed by atoms with Gasteiger partial charge in [0.15, 0.2) is 0 Å². The van der Waals surface area contributed by atoms with Gasteiger partial charge < -0.3 is 4.90 Å². The number of rotatable bonds is 3. The molecule has 0 N–H and O–H groups in total. The highest BCUT2D eigenvalue weighted by Crippen LogP contribution is 2.30. The predicted octanol–water partition coefficient (Wildman–Crippen LogP) is 4.59. The van der Waals surface area contributed by atoms with Crippen molar-refractivity contribution in [3.63, 3.8) is 0 Å². The molecular formula is C18H15ClF3N3O. The Morgan fingerprint density at radius 2 is 1.73 bits per heavy atom. The zero-order chi connectivity index (χ0) is 18.9. The van der Waals surface area contributed by atoms with Gasteiger partial charge in [-0.25, -0.2) is 0 Å². The van der Waals surface area contributed by atoms with Crippen LogP contribution in [0.4, 0.5) is 24.5 Å². The van der Waals surface area contributed by atoms with E-state index < -0.39 is 11.7 Å². The average molecular weight is 382 g/mol. The van der Waals surface area contributed by atoms with Crippen molar-refractivity contribution in [2.75, 3.05) is 23.5 Å². The van der Waals surface area contributed by atoms with Crippen molar-refractivity contribution < 1.29 is 18.0 Å². The fourth-order valence-electron chi connectivity index (χ4n) is 2.59. The maximum atomic E-state index is 12.6. The Morgan fingerprint density at radius 3 is 2.31 bits per heavy atom. The molecule has 0 unspecified atom stereocenters. The zero-order valence-electron chi connectivity index (χ0n) is 13.8. The number of carbonyl (C=O) groups is 1. The van der Waals surface area contributed by atoms with Crippen molar-refractivity contribution in [2.45, 2.75) is 12.6 Å². The number of alkyl halides is 3. The smallest absolute Gasteiger partial charge is 0.310 e. The van der Waals surface area contributed by atoms with Gasteiger partial charge in [-0.1, -0.05) is 11.6 Å². The van der Waals surface area contributed by atoms with E-state index in [1.165, 1.54) is 24.1 Å². The number of hydrogen-bond acceptors (Lipinski definition) is 3. The molecule has 4 nitrogen and oxygen atoms in total. The monoisotopic (exact) mass is 381 g/mol. The SMILES string of the molecule is CN(C(=O)C1=NN(c2ccc(Cl)cc2)CC1)c1ccc(C(F)(F)F)cc1. The zero-order valence-corrected chi connectivity index (χ0v) is 14.6. The third-order valence-corrected chi connectivity index (χ3v) is 4.31. The van der Waals surface area contributed by atoms with Crippen molar-refractivity contribution in [1.29, 1.82) is 0 Å². The molecule has 26 heavy (non-hydrogen) atoms. The number of carbonyl (C=O) groups excluding carboxylic acids is 1. The molecule has 1 heterocycles. The van der Waals surface area contributed by atoms with Gasteiger partial charge in [0.25, 0.3) is 5.91 Å². The van der Waals surface area contributed by atoms with Crippen LogP contribution in [0.5, 0.6) is 0 Å². The number of amides is 1. The van der Waals surface area contributed by atoms with Gasteiger partial charge in [-0.3, -0.25) is 9.80 Å². The standard InChI is InChI=1S/C18H15ClF3N3O/c1-24(14-6-2-12(3-7-14)18(20,21)22)17(26)16-10-11-25(23-16)15-8-4-13(19)5-9-15/h2-9H,10-11H2,1H3. The van der Waals surface area contributed by atoms with Gasteiger partial charge in [0, 0.05) is 30.7 Å². The Kier molecular flexibility index (Phi) is 4.91. The molecule has 0 spiro atoms. The largest absolute Gasteiger partial charge is 0.416 e. The summed E-state index contributed by atoms with van der Waals surface area (Å²) in [6, 6.07) is 11.5. The topological polar surface area (TPSA) is 35.9 Å². The Morgan fingerprint density at radius 1 is 1.12 bits per heavy atom. The molecule has 8 heteroatoms. The first-order valence-electron chi connectivity index (χ1n) is 7.81. The lowest BCUT2D eigenvalue weighted by Crippen LogP contribution is -2.32. The molecule has 0 bridgehead atoms. The van der Waals surface area contributed by atoms with Crippen molar-refractivity contribution in [1.82, 2.24) is 0 Å². The summed E-state index contributed by atoms with van der Waals surface area (Å²) in [6.45, 7) is 0.545. The van der Waals surface area contributed by atoms with Crippen LogP contribution < -0.4 is 9.91 Å². The second-order valence-corrected chi connectivity index (χ2v) is 6.24. The number of halogens is 4. The van der Waals surface area contributed by atoms with Crippen LogP contribution in [-0.4, -0.2) is 25.2 Å². The number of anilines is 2. The third kappa shape index (κ3) is 3.83. The lowest BCUT2D eigenvalue weighted by molar-refractivity contribution is -0.137. The Bertz CT molecular complexity index is 832. The highest BCUT2D eigenvalue weighted by atomic mass is 35.5. The van der Waals surface area contributed by atoms with E-state index in [0.717, 1.165) is 17.8 Å². The van der Waals surface area contributed by atoms with Crippen molar-refractivity contribution in [3.8, 4) is 0 Å². The summed E-state index contributed by atoms with van der Waals surface area (Å²) in [7, 11) is 1.51. The van der Waals surface area contributed by atoms with Crippen LogP contribution >= 0.6 is 11.6 Å². The number of benzene rings is 2. The highest BCUT2D eigenvalue weighted by Gasteiger charge is 2.30. The van der Waals surface area contributed by atoms with E-state index in [2.05, 4.69) is 5.10 Å². The molecule has 0 saturated heterocycles. The summed E-state index contributed by atoms with van der Waals surface area (Å²) < 4.78 is 37.9. The highest BCUT2D eigenvalue weighted by molar-refractivity contribution is 6.44. The van der Waals surface area contributed by atoms with Crippen LogP contribution in [-0.2, 0) is 11.0 Å². The molecule has 1 amide bonds. The van der Waals surface area contributed by atoms with E-state index >= 15 is 0 Å². The molecule has 0 radical (unpaired) electrons. The minimum atomic E-state index is -4.41. The van der Waals surface area contributed by atoms with Crippen molar-refractivity contribution >= 4 is 34.6 Å². The first-order chi connectivity index (χ1) is 12.3. The molecule has 2 aromatic rings. The molecule has 0 aromatic heterocycles. The molecule has 3 rings (SSSR count). The third-order valence-electron chi connectivity index (χ3n) is 4.06. The summed E-state index contributed by atoms with van der Waals surface area (Å²) in [5.74, 6) is -0.346. The minimum Gasteiger partial charge on any atom is -0.310 e. The summed E-state index contributed by atoms with van der Waals surface area (Å²) in [5.41, 5.74) is 0.779. The second-order valence-electron chi connectivity index (χ2n) is 5.81. The molecule has 0 aliphatic carbocycles. The summed E-state index contributed by atoms with van der Waals surface area (Å²) >= 11 is 5.86.